The number of methoxy groups -OCH3 is 1. The summed E-state index contributed by atoms with van der Waals surface area (Å²) in [6.45, 7) is 5.57. The lowest BCUT2D eigenvalue weighted by molar-refractivity contribution is -0.134. The molecule has 1 fully saturated rings. The van der Waals surface area contributed by atoms with Gasteiger partial charge in [-0.25, -0.2) is 9.59 Å². The number of fused-ring (bicyclic) bond motifs is 1. The van der Waals surface area contributed by atoms with Crippen molar-refractivity contribution in [3.8, 4) is 0 Å². The van der Waals surface area contributed by atoms with Crippen molar-refractivity contribution in [1.82, 2.24) is 4.57 Å². The number of benzene rings is 1. The fraction of sp³-hybridized carbons (Fsp3) is 0.455. The number of carbonyl (C=O) groups is 2. The molecule has 0 aliphatic heterocycles. The monoisotopic (exact) mass is 369 g/mol. The van der Waals surface area contributed by atoms with Gasteiger partial charge in [0.05, 0.1) is 12.6 Å². The Morgan fingerprint density at radius 2 is 1.96 bits per heavy atom. The van der Waals surface area contributed by atoms with Gasteiger partial charge in [-0.15, -0.1) is 0 Å². The van der Waals surface area contributed by atoms with Crippen molar-refractivity contribution in [2.75, 3.05) is 7.11 Å². The Hall–Kier alpha value is -2.56. The molecule has 2 aromatic rings. The molecule has 1 unspecified atom stereocenters. The van der Waals surface area contributed by atoms with Gasteiger partial charge in [-0.05, 0) is 57.7 Å². The van der Waals surface area contributed by atoms with E-state index in [2.05, 4.69) is 6.07 Å². The molecule has 1 aromatic carbocycles. The van der Waals surface area contributed by atoms with E-state index in [1.54, 1.807) is 16.8 Å². The predicted octanol–water partition coefficient (Wildman–Crippen LogP) is 5.18. The van der Waals surface area contributed by atoms with Crippen LogP contribution in [-0.2, 0) is 14.3 Å². The lowest BCUT2D eigenvalue weighted by atomic mass is 9.78. The first-order valence-electron chi connectivity index (χ1n) is 9.42. The first-order chi connectivity index (χ1) is 12.8. The van der Waals surface area contributed by atoms with Crippen LogP contribution in [0.2, 0.25) is 0 Å². The Morgan fingerprint density at radius 3 is 2.67 bits per heavy atom. The quantitative estimate of drug-likeness (QED) is 0.540. The van der Waals surface area contributed by atoms with E-state index in [0.29, 0.717) is 0 Å². The van der Waals surface area contributed by atoms with E-state index in [9.17, 15) is 9.59 Å². The summed E-state index contributed by atoms with van der Waals surface area (Å²) in [6, 6.07) is 7.93. The summed E-state index contributed by atoms with van der Waals surface area (Å²) < 4.78 is 11.9. The summed E-state index contributed by atoms with van der Waals surface area (Å²) in [5, 5.41) is 1.02. The topological polar surface area (TPSA) is 57.5 Å². The molecule has 144 valence electrons. The Balaban J connectivity index is 2.01. The number of esters is 1. The summed E-state index contributed by atoms with van der Waals surface area (Å²) >= 11 is 0. The minimum absolute atomic E-state index is 0.163. The summed E-state index contributed by atoms with van der Waals surface area (Å²) in [4.78, 5) is 24.3. The van der Waals surface area contributed by atoms with E-state index < -0.39 is 5.60 Å². The van der Waals surface area contributed by atoms with Crippen LogP contribution in [0.1, 0.15) is 57.9 Å². The summed E-state index contributed by atoms with van der Waals surface area (Å²) in [5.74, 6) is -0.147. The van der Waals surface area contributed by atoms with E-state index >= 15 is 0 Å². The maximum absolute atomic E-state index is 12.5. The lowest BCUT2D eigenvalue weighted by Gasteiger charge is -2.26. The van der Waals surface area contributed by atoms with Crippen molar-refractivity contribution >= 4 is 23.0 Å². The number of carbonyl (C=O) groups excluding carboxylic acids is 2. The van der Waals surface area contributed by atoms with Gasteiger partial charge in [0, 0.05) is 23.6 Å². The normalized spacial score (nSPS) is 19.3. The molecule has 0 radical (unpaired) electrons. The maximum atomic E-state index is 12.5. The Kier molecular flexibility index (Phi) is 5.40. The molecule has 1 saturated carbocycles. The molecule has 0 amide bonds. The fourth-order valence-electron chi connectivity index (χ4n) is 3.74. The second-order valence-corrected chi connectivity index (χ2v) is 7.99. The van der Waals surface area contributed by atoms with Crippen LogP contribution in [-0.4, -0.2) is 29.3 Å². The van der Waals surface area contributed by atoms with E-state index in [4.69, 9.17) is 9.47 Å². The van der Waals surface area contributed by atoms with E-state index in [1.165, 1.54) is 7.11 Å². The molecule has 1 atom stereocenters. The first kappa shape index (κ1) is 19.2. The second kappa shape index (κ2) is 7.59. The minimum Gasteiger partial charge on any atom is -0.466 e. The van der Waals surface area contributed by atoms with E-state index in [0.717, 1.165) is 47.7 Å². The average molecular weight is 369 g/mol. The van der Waals surface area contributed by atoms with Crippen molar-refractivity contribution < 1.29 is 19.1 Å². The van der Waals surface area contributed by atoms with Crippen molar-refractivity contribution in [1.29, 1.82) is 0 Å². The molecule has 0 bridgehead atoms. The Bertz CT molecular complexity index is 885. The summed E-state index contributed by atoms with van der Waals surface area (Å²) in [7, 11) is 1.40. The zero-order valence-corrected chi connectivity index (χ0v) is 16.5. The molecule has 5 nitrogen and oxygen atoms in total. The molecule has 5 heteroatoms. The third-order valence-corrected chi connectivity index (χ3v) is 4.89. The van der Waals surface area contributed by atoms with Gasteiger partial charge < -0.3 is 9.47 Å². The van der Waals surface area contributed by atoms with Crippen LogP contribution in [0.5, 0.6) is 0 Å². The number of aromatic nitrogens is 1. The summed E-state index contributed by atoms with van der Waals surface area (Å²) in [5.41, 5.74) is 2.52. The van der Waals surface area contributed by atoms with Crippen molar-refractivity contribution in [2.45, 2.75) is 58.0 Å². The largest absolute Gasteiger partial charge is 0.466 e. The molecule has 1 heterocycles. The molecule has 0 N–H and O–H groups in total. The molecule has 0 saturated heterocycles. The molecule has 1 aliphatic rings. The van der Waals surface area contributed by atoms with Crippen LogP contribution in [0.15, 0.2) is 42.1 Å². The number of allylic oxidation sites excluding steroid dienone is 1. The van der Waals surface area contributed by atoms with Crippen LogP contribution >= 0.6 is 0 Å². The third kappa shape index (κ3) is 4.24. The molecule has 1 aliphatic carbocycles. The van der Waals surface area contributed by atoms with Gasteiger partial charge in [-0.3, -0.25) is 4.57 Å². The molecular formula is C22H27NO4. The van der Waals surface area contributed by atoms with Crippen molar-refractivity contribution in [2.24, 2.45) is 0 Å². The zero-order chi connectivity index (χ0) is 19.6. The third-order valence-electron chi connectivity index (χ3n) is 4.89. The fourth-order valence-corrected chi connectivity index (χ4v) is 3.74. The van der Waals surface area contributed by atoms with Crippen LogP contribution < -0.4 is 0 Å². The highest BCUT2D eigenvalue weighted by atomic mass is 16.6. The SMILES string of the molecule is COC(=O)/C=C1\CCCCC1c1cccc2c1ccn2C(=O)OC(C)(C)C. The van der Waals surface area contributed by atoms with Crippen LogP contribution in [0.25, 0.3) is 10.9 Å². The molecule has 0 spiro atoms. The molecule has 27 heavy (non-hydrogen) atoms. The standard InChI is InChI=1S/C22H27NO4/c1-22(2,3)27-21(25)23-13-12-18-17(10-7-11-19(18)23)16-9-6-5-8-15(16)14-20(24)26-4/h7,10-14,16H,5-6,8-9H2,1-4H3/b15-14+. The molecular weight excluding hydrogens is 342 g/mol. The minimum atomic E-state index is -0.551. The highest BCUT2D eigenvalue weighted by Crippen LogP contribution is 2.40. The first-order valence-corrected chi connectivity index (χ1v) is 9.42. The average Bonchev–Trinajstić information content (AvgIpc) is 3.05. The number of nitrogens with zero attached hydrogens (tertiary/aromatic N) is 1. The number of rotatable bonds is 2. The second-order valence-electron chi connectivity index (χ2n) is 7.99. The lowest BCUT2D eigenvalue weighted by Crippen LogP contribution is -2.26. The number of ether oxygens (including phenoxy) is 2. The van der Waals surface area contributed by atoms with Crippen molar-refractivity contribution in [3.05, 3.63) is 47.7 Å². The summed E-state index contributed by atoms with van der Waals surface area (Å²) in [6.07, 6.45) is 7.08. The zero-order valence-electron chi connectivity index (χ0n) is 16.5. The molecule has 1 aromatic heterocycles. The predicted molar refractivity (Wildman–Crippen MR) is 105 cm³/mol. The Morgan fingerprint density at radius 1 is 1.19 bits per heavy atom. The van der Waals surface area contributed by atoms with Crippen LogP contribution in [0.4, 0.5) is 4.79 Å². The smallest absolute Gasteiger partial charge is 0.418 e. The van der Waals surface area contributed by atoms with Gasteiger partial charge >= 0.3 is 12.1 Å². The highest BCUT2D eigenvalue weighted by molar-refractivity contribution is 5.92. The van der Waals surface area contributed by atoms with Gasteiger partial charge in [-0.2, -0.15) is 0 Å². The molecule has 3 rings (SSSR count). The van der Waals surface area contributed by atoms with Crippen molar-refractivity contribution in [3.63, 3.8) is 0 Å². The number of hydrogen-bond acceptors (Lipinski definition) is 4. The highest BCUT2D eigenvalue weighted by Gasteiger charge is 2.25. The van der Waals surface area contributed by atoms with Crippen LogP contribution in [0.3, 0.4) is 0 Å². The Labute approximate surface area is 159 Å². The number of hydrogen-bond donors (Lipinski definition) is 0. The van der Waals surface area contributed by atoms with Gasteiger partial charge in [0.1, 0.15) is 5.60 Å². The van der Waals surface area contributed by atoms with Gasteiger partial charge in [0.25, 0.3) is 0 Å². The van der Waals surface area contributed by atoms with E-state index in [-0.39, 0.29) is 18.0 Å². The van der Waals surface area contributed by atoms with Gasteiger partial charge in [0.2, 0.25) is 0 Å². The maximum Gasteiger partial charge on any atom is 0.418 e. The van der Waals surface area contributed by atoms with Gasteiger partial charge in [-0.1, -0.05) is 24.1 Å². The van der Waals surface area contributed by atoms with Crippen LogP contribution in [0, 0.1) is 0 Å². The van der Waals surface area contributed by atoms with Gasteiger partial charge in [0.15, 0.2) is 0 Å². The van der Waals surface area contributed by atoms with E-state index in [1.807, 2.05) is 39.0 Å².